The van der Waals surface area contributed by atoms with E-state index in [0.717, 1.165) is 0 Å². The molecule has 0 bridgehead atoms. The van der Waals surface area contributed by atoms with Crippen LogP contribution in [0.4, 0.5) is 5.69 Å². The van der Waals surface area contributed by atoms with Crippen LogP contribution in [0.25, 0.3) is 0 Å². The third-order valence-electron chi connectivity index (χ3n) is 2.72. The number of benzene rings is 1. The molecule has 0 unspecified atom stereocenters. The number of carbonyl (C=O) groups is 1. The predicted molar refractivity (Wildman–Crippen MR) is 72.3 cm³/mol. The van der Waals surface area contributed by atoms with Crippen molar-refractivity contribution in [3.05, 3.63) is 28.3 Å². The summed E-state index contributed by atoms with van der Waals surface area (Å²) in [4.78, 5) is 11.5. The lowest BCUT2D eigenvalue weighted by atomic mass is 10.1. The minimum absolute atomic E-state index is 0.310. The van der Waals surface area contributed by atoms with Gasteiger partial charge in [0.15, 0.2) is 0 Å². The Balaban J connectivity index is 3.08. The number of hydrogen-bond acceptors (Lipinski definition) is 5. The van der Waals surface area contributed by atoms with E-state index in [1.54, 1.807) is 13.0 Å². The van der Waals surface area contributed by atoms with Gasteiger partial charge in [-0.2, -0.15) is 5.26 Å². The molecular weight excluding hydrogens is 268 g/mol. The van der Waals surface area contributed by atoms with Gasteiger partial charge in [-0.3, -0.25) is 10.2 Å². The second kappa shape index (κ2) is 6.38. The maximum absolute atomic E-state index is 11.5. The van der Waals surface area contributed by atoms with Crippen LogP contribution in [0.5, 0.6) is 0 Å². The largest absolute Gasteiger partial charge is 0.391 e. The molecule has 0 aliphatic rings. The number of anilines is 1. The maximum Gasteiger partial charge on any atom is 0.259 e. The van der Waals surface area contributed by atoms with Crippen molar-refractivity contribution in [2.75, 3.05) is 5.32 Å². The van der Waals surface area contributed by atoms with Gasteiger partial charge in [0.05, 0.1) is 16.7 Å². The average molecular weight is 283 g/mol. The molecule has 0 aromatic heterocycles. The number of halogens is 1. The molecule has 1 amide bonds. The monoisotopic (exact) mass is 282 g/mol. The zero-order valence-corrected chi connectivity index (χ0v) is 11.3. The van der Waals surface area contributed by atoms with Crippen LogP contribution in [0.2, 0.25) is 5.02 Å². The van der Waals surface area contributed by atoms with E-state index >= 15 is 0 Å². The van der Waals surface area contributed by atoms with Crippen molar-refractivity contribution >= 4 is 23.2 Å². The molecule has 0 radical (unpaired) electrons. The number of nitriles is 1. The first-order chi connectivity index (χ1) is 8.92. The van der Waals surface area contributed by atoms with Gasteiger partial charge in [0.25, 0.3) is 5.91 Å². The van der Waals surface area contributed by atoms with Crippen molar-refractivity contribution in [3.63, 3.8) is 0 Å². The number of amides is 1. The molecule has 2 atom stereocenters. The highest BCUT2D eigenvalue weighted by molar-refractivity contribution is 6.32. The number of nitrogens with zero attached hydrogens (tertiary/aromatic N) is 1. The Morgan fingerprint density at radius 3 is 2.68 bits per heavy atom. The third kappa shape index (κ3) is 3.35. The highest BCUT2D eigenvalue weighted by Gasteiger charge is 2.23. The van der Waals surface area contributed by atoms with Crippen LogP contribution < -0.4 is 16.6 Å². The number of hydrazine groups is 1. The zero-order valence-electron chi connectivity index (χ0n) is 10.6. The summed E-state index contributed by atoms with van der Waals surface area (Å²) in [6.07, 6.45) is -0.947. The molecule has 1 aromatic carbocycles. The fraction of sp³-hybridized carbons (Fsp3) is 0.333. The van der Waals surface area contributed by atoms with Gasteiger partial charge in [-0.1, -0.05) is 11.6 Å². The molecule has 1 aromatic rings. The van der Waals surface area contributed by atoms with Crippen LogP contribution in [0.15, 0.2) is 12.1 Å². The Morgan fingerprint density at radius 1 is 1.58 bits per heavy atom. The Labute approximate surface area is 116 Å². The molecule has 0 fully saturated rings. The van der Waals surface area contributed by atoms with Crippen LogP contribution in [0, 0.1) is 18.3 Å². The van der Waals surface area contributed by atoms with E-state index in [-0.39, 0.29) is 0 Å². The smallest absolute Gasteiger partial charge is 0.259 e. The van der Waals surface area contributed by atoms with Gasteiger partial charge in [-0.25, -0.2) is 5.84 Å². The summed E-state index contributed by atoms with van der Waals surface area (Å²) in [6, 6.07) is 4.22. The van der Waals surface area contributed by atoms with Crippen LogP contribution in [0.1, 0.15) is 18.1 Å². The van der Waals surface area contributed by atoms with E-state index in [2.05, 4.69) is 5.32 Å². The molecule has 0 heterocycles. The molecule has 7 heteroatoms. The molecule has 0 spiro atoms. The van der Waals surface area contributed by atoms with Gasteiger partial charge < -0.3 is 10.4 Å². The van der Waals surface area contributed by atoms with Gasteiger partial charge in [0.1, 0.15) is 12.1 Å². The summed E-state index contributed by atoms with van der Waals surface area (Å²) < 4.78 is 0. The number of carbonyl (C=O) groups excluding carboxylic acids is 1. The van der Waals surface area contributed by atoms with Crippen LogP contribution in [-0.4, -0.2) is 23.2 Å². The highest BCUT2D eigenvalue weighted by atomic mass is 35.5. The first kappa shape index (κ1) is 15.2. The number of nitrogens with two attached hydrogens (primary N) is 1. The number of rotatable bonds is 4. The predicted octanol–water partition coefficient (Wildman–Crippen LogP) is 0.671. The maximum atomic E-state index is 11.5. The quantitative estimate of drug-likeness (QED) is 0.368. The van der Waals surface area contributed by atoms with Gasteiger partial charge in [-0.05, 0) is 31.5 Å². The normalized spacial score (nSPS) is 13.3. The summed E-state index contributed by atoms with van der Waals surface area (Å²) in [7, 11) is 0. The second-order valence-electron chi connectivity index (χ2n) is 4.08. The fourth-order valence-corrected chi connectivity index (χ4v) is 1.80. The molecule has 6 nitrogen and oxygen atoms in total. The van der Waals surface area contributed by atoms with E-state index in [0.29, 0.717) is 21.8 Å². The number of aliphatic hydroxyl groups excluding tert-OH is 1. The Hall–Kier alpha value is -1.81. The van der Waals surface area contributed by atoms with E-state index in [9.17, 15) is 9.90 Å². The van der Waals surface area contributed by atoms with Crippen molar-refractivity contribution in [1.29, 1.82) is 5.26 Å². The molecule has 0 aliphatic carbocycles. The van der Waals surface area contributed by atoms with Crippen molar-refractivity contribution in [2.45, 2.75) is 26.0 Å². The summed E-state index contributed by atoms with van der Waals surface area (Å²) >= 11 is 6.02. The summed E-state index contributed by atoms with van der Waals surface area (Å²) in [5.74, 6) is 4.51. The highest BCUT2D eigenvalue weighted by Crippen LogP contribution is 2.27. The molecule has 19 heavy (non-hydrogen) atoms. The Bertz CT molecular complexity index is 525. The molecular formula is C12H15ClN4O2. The second-order valence-corrected chi connectivity index (χ2v) is 4.46. The minimum atomic E-state index is -0.947. The molecule has 0 saturated heterocycles. The number of nitrogens with one attached hydrogen (secondary N) is 2. The fourth-order valence-electron chi connectivity index (χ4n) is 1.59. The lowest BCUT2D eigenvalue weighted by Crippen LogP contribution is -2.48. The first-order valence-electron chi connectivity index (χ1n) is 5.56. The van der Waals surface area contributed by atoms with Crippen molar-refractivity contribution in [3.8, 4) is 6.07 Å². The van der Waals surface area contributed by atoms with Gasteiger partial charge >= 0.3 is 0 Å². The Morgan fingerprint density at radius 2 is 2.21 bits per heavy atom. The van der Waals surface area contributed by atoms with Crippen LogP contribution in [0.3, 0.4) is 0 Å². The standard InChI is InChI=1S/C12H15ClN4O2/c1-6-9(4-3-8(5-14)10(6)13)16-11(7(2)18)12(19)17-15/h3-4,7,11,16,18H,15H2,1-2H3,(H,17,19)/t7-,11+/m0/s1. The summed E-state index contributed by atoms with van der Waals surface area (Å²) in [6.45, 7) is 3.18. The number of hydrogen-bond donors (Lipinski definition) is 4. The third-order valence-corrected chi connectivity index (χ3v) is 3.21. The first-order valence-corrected chi connectivity index (χ1v) is 5.94. The van der Waals surface area contributed by atoms with E-state index in [4.69, 9.17) is 22.7 Å². The van der Waals surface area contributed by atoms with Crippen LogP contribution in [-0.2, 0) is 4.79 Å². The minimum Gasteiger partial charge on any atom is -0.391 e. The van der Waals surface area contributed by atoms with E-state index in [1.165, 1.54) is 13.0 Å². The lowest BCUT2D eigenvalue weighted by molar-refractivity contribution is -0.123. The topological polar surface area (TPSA) is 111 Å². The van der Waals surface area contributed by atoms with Crippen molar-refractivity contribution < 1.29 is 9.90 Å². The summed E-state index contributed by atoms with van der Waals surface area (Å²) in [5.41, 5.74) is 3.50. The van der Waals surface area contributed by atoms with Crippen molar-refractivity contribution in [1.82, 2.24) is 5.43 Å². The lowest BCUT2D eigenvalue weighted by Gasteiger charge is -2.22. The summed E-state index contributed by atoms with van der Waals surface area (Å²) in [5, 5.41) is 21.6. The SMILES string of the molecule is Cc1c(N[C@@H](C(=O)NN)[C@H](C)O)ccc(C#N)c1Cl. The molecule has 5 N–H and O–H groups in total. The van der Waals surface area contributed by atoms with Gasteiger partial charge in [0.2, 0.25) is 0 Å². The van der Waals surface area contributed by atoms with E-state index in [1.807, 2.05) is 11.5 Å². The zero-order chi connectivity index (χ0) is 14.6. The molecule has 0 saturated carbocycles. The molecule has 1 rings (SSSR count). The molecule has 102 valence electrons. The van der Waals surface area contributed by atoms with Crippen LogP contribution >= 0.6 is 11.6 Å². The van der Waals surface area contributed by atoms with Gasteiger partial charge in [0, 0.05) is 5.69 Å². The van der Waals surface area contributed by atoms with Crippen molar-refractivity contribution in [2.24, 2.45) is 5.84 Å². The Kier molecular flexibility index (Phi) is 5.12. The average Bonchev–Trinajstić information content (AvgIpc) is 2.39. The molecule has 0 aliphatic heterocycles. The number of aliphatic hydroxyl groups is 1. The van der Waals surface area contributed by atoms with E-state index < -0.39 is 18.1 Å². The van der Waals surface area contributed by atoms with Gasteiger partial charge in [-0.15, -0.1) is 0 Å².